The zero-order chi connectivity index (χ0) is 18.1. The number of rotatable bonds is 4. The van der Waals surface area contributed by atoms with Gasteiger partial charge in [0.05, 0.1) is 12.0 Å². The summed E-state index contributed by atoms with van der Waals surface area (Å²) in [5.74, 6) is -0.182. The van der Waals surface area contributed by atoms with Crippen LogP contribution >= 0.6 is 0 Å². The van der Waals surface area contributed by atoms with Gasteiger partial charge in [-0.1, -0.05) is 60.7 Å². The Hall–Kier alpha value is -3.07. The van der Waals surface area contributed by atoms with E-state index in [1.807, 2.05) is 56.4 Å². The van der Waals surface area contributed by atoms with Crippen LogP contribution in [-0.4, -0.2) is 10.9 Å². The van der Waals surface area contributed by atoms with Crippen molar-refractivity contribution < 1.29 is 4.79 Å². The van der Waals surface area contributed by atoms with Crippen molar-refractivity contribution in [1.29, 1.82) is 0 Å². The van der Waals surface area contributed by atoms with E-state index in [9.17, 15) is 4.79 Å². The summed E-state index contributed by atoms with van der Waals surface area (Å²) in [7, 11) is 0. The lowest BCUT2D eigenvalue weighted by Crippen LogP contribution is -2.30. The van der Waals surface area contributed by atoms with Gasteiger partial charge in [-0.25, -0.2) is 0 Å². The standard InChI is InChI=1S/C23H22N2O/c1-15(21-14-24-22-13-6-5-11-20(21)22)23(26)25-16(2)18-12-7-9-17-8-3-4-10-19(17)18/h3-16,24H,1-2H3,(H,25,26). The van der Waals surface area contributed by atoms with Crippen LogP contribution in [0.5, 0.6) is 0 Å². The van der Waals surface area contributed by atoms with E-state index in [1.165, 1.54) is 10.8 Å². The molecule has 0 spiro atoms. The maximum atomic E-state index is 12.9. The van der Waals surface area contributed by atoms with Gasteiger partial charge in [-0.2, -0.15) is 0 Å². The highest BCUT2D eigenvalue weighted by molar-refractivity contribution is 5.92. The van der Waals surface area contributed by atoms with Crippen LogP contribution in [0, 0.1) is 0 Å². The van der Waals surface area contributed by atoms with Crippen LogP contribution in [0.2, 0.25) is 0 Å². The largest absolute Gasteiger partial charge is 0.361 e. The number of para-hydroxylation sites is 1. The van der Waals surface area contributed by atoms with E-state index < -0.39 is 0 Å². The molecule has 0 aliphatic heterocycles. The summed E-state index contributed by atoms with van der Waals surface area (Å²) in [6.45, 7) is 4.00. The fourth-order valence-electron chi connectivity index (χ4n) is 3.64. The van der Waals surface area contributed by atoms with E-state index in [-0.39, 0.29) is 17.9 Å². The van der Waals surface area contributed by atoms with Gasteiger partial charge >= 0.3 is 0 Å². The third kappa shape index (κ3) is 2.86. The summed E-state index contributed by atoms with van der Waals surface area (Å²) in [6, 6.07) is 22.5. The number of carbonyl (C=O) groups is 1. The van der Waals surface area contributed by atoms with Crippen LogP contribution < -0.4 is 5.32 Å². The number of nitrogens with one attached hydrogen (secondary N) is 2. The Morgan fingerprint density at radius 1 is 0.846 bits per heavy atom. The summed E-state index contributed by atoms with van der Waals surface area (Å²) < 4.78 is 0. The maximum Gasteiger partial charge on any atom is 0.227 e. The summed E-state index contributed by atoms with van der Waals surface area (Å²) in [5.41, 5.74) is 3.23. The highest BCUT2D eigenvalue weighted by Gasteiger charge is 2.21. The average molecular weight is 342 g/mol. The van der Waals surface area contributed by atoms with Gasteiger partial charge in [-0.05, 0) is 41.8 Å². The van der Waals surface area contributed by atoms with Crippen molar-refractivity contribution in [3.63, 3.8) is 0 Å². The molecule has 4 rings (SSSR count). The lowest BCUT2D eigenvalue weighted by atomic mass is 9.97. The summed E-state index contributed by atoms with van der Waals surface area (Å²) in [5, 5.41) is 6.67. The lowest BCUT2D eigenvalue weighted by Gasteiger charge is -2.19. The minimum absolute atomic E-state index is 0.0372. The van der Waals surface area contributed by atoms with Crippen LogP contribution in [0.1, 0.15) is 36.9 Å². The molecule has 3 heteroatoms. The Morgan fingerprint density at radius 3 is 2.38 bits per heavy atom. The topological polar surface area (TPSA) is 44.9 Å². The Balaban J connectivity index is 1.59. The van der Waals surface area contributed by atoms with Gasteiger partial charge < -0.3 is 10.3 Å². The molecule has 0 aliphatic carbocycles. The first-order valence-corrected chi connectivity index (χ1v) is 8.99. The number of carbonyl (C=O) groups excluding carboxylic acids is 1. The van der Waals surface area contributed by atoms with Crippen molar-refractivity contribution in [3.8, 4) is 0 Å². The summed E-state index contributed by atoms with van der Waals surface area (Å²) in [4.78, 5) is 16.1. The molecule has 2 atom stereocenters. The van der Waals surface area contributed by atoms with Gasteiger partial charge in [-0.3, -0.25) is 4.79 Å². The van der Waals surface area contributed by atoms with E-state index in [1.54, 1.807) is 0 Å². The van der Waals surface area contributed by atoms with E-state index in [0.717, 1.165) is 22.0 Å². The Morgan fingerprint density at radius 2 is 1.54 bits per heavy atom. The van der Waals surface area contributed by atoms with E-state index in [0.29, 0.717) is 0 Å². The first-order chi connectivity index (χ1) is 12.6. The van der Waals surface area contributed by atoms with Crippen LogP contribution in [-0.2, 0) is 4.79 Å². The highest BCUT2D eigenvalue weighted by atomic mass is 16.1. The molecule has 0 saturated heterocycles. The summed E-state index contributed by atoms with van der Waals surface area (Å²) in [6.07, 6.45) is 1.94. The third-order valence-electron chi connectivity index (χ3n) is 5.13. The summed E-state index contributed by atoms with van der Waals surface area (Å²) >= 11 is 0. The molecule has 26 heavy (non-hydrogen) atoms. The Labute approximate surface area is 153 Å². The number of aromatic amines is 1. The molecule has 130 valence electrons. The molecular formula is C23H22N2O. The molecule has 0 radical (unpaired) electrons. The van der Waals surface area contributed by atoms with Crippen LogP contribution in [0.4, 0.5) is 0 Å². The Kier molecular flexibility index (Phi) is 4.21. The lowest BCUT2D eigenvalue weighted by molar-refractivity contribution is -0.122. The minimum atomic E-state index is -0.219. The number of benzene rings is 3. The van der Waals surface area contributed by atoms with Crippen molar-refractivity contribution in [2.45, 2.75) is 25.8 Å². The second-order valence-corrected chi connectivity index (χ2v) is 6.81. The average Bonchev–Trinajstić information content (AvgIpc) is 3.11. The maximum absolute atomic E-state index is 12.9. The minimum Gasteiger partial charge on any atom is -0.361 e. The molecule has 0 aliphatic rings. The predicted octanol–water partition coefficient (Wildman–Crippen LogP) is 5.30. The van der Waals surface area contributed by atoms with Crippen LogP contribution in [0.25, 0.3) is 21.7 Å². The normalized spacial score (nSPS) is 13.6. The Bertz CT molecular complexity index is 1070. The van der Waals surface area contributed by atoms with E-state index in [2.05, 4.69) is 40.6 Å². The number of hydrogen-bond donors (Lipinski definition) is 2. The van der Waals surface area contributed by atoms with E-state index in [4.69, 9.17) is 0 Å². The van der Waals surface area contributed by atoms with Crippen LogP contribution in [0.3, 0.4) is 0 Å². The second kappa shape index (κ2) is 6.68. The zero-order valence-corrected chi connectivity index (χ0v) is 15.0. The first-order valence-electron chi connectivity index (χ1n) is 8.99. The molecule has 4 aromatic rings. The molecule has 3 aromatic carbocycles. The monoisotopic (exact) mass is 342 g/mol. The smallest absolute Gasteiger partial charge is 0.227 e. The fourth-order valence-corrected chi connectivity index (χ4v) is 3.64. The number of amides is 1. The number of H-pyrrole nitrogens is 1. The van der Waals surface area contributed by atoms with Crippen molar-refractivity contribution in [2.75, 3.05) is 0 Å². The fraction of sp³-hybridized carbons (Fsp3) is 0.174. The van der Waals surface area contributed by atoms with Crippen molar-refractivity contribution in [1.82, 2.24) is 10.3 Å². The van der Waals surface area contributed by atoms with E-state index >= 15 is 0 Å². The number of hydrogen-bond acceptors (Lipinski definition) is 1. The molecule has 0 fully saturated rings. The molecule has 2 N–H and O–H groups in total. The molecule has 3 nitrogen and oxygen atoms in total. The number of fused-ring (bicyclic) bond motifs is 2. The van der Waals surface area contributed by atoms with Gasteiger partial charge in [0.2, 0.25) is 5.91 Å². The van der Waals surface area contributed by atoms with Gasteiger partial charge in [0.25, 0.3) is 0 Å². The number of aromatic nitrogens is 1. The quantitative estimate of drug-likeness (QED) is 0.519. The second-order valence-electron chi connectivity index (χ2n) is 6.81. The van der Waals surface area contributed by atoms with Gasteiger partial charge in [0.1, 0.15) is 0 Å². The first kappa shape index (κ1) is 16.4. The van der Waals surface area contributed by atoms with Crippen molar-refractivity contribution in [2.24, 2.45) is 0 Å². The van der Waals surface area contributed by atoms with Crippen LogP contribution in [0.15, 0.2) is 72.9 Å². The predicted molar refractivity (Wildman–Crippen MR) is 107 cm³/mol. The molecular weight excluding hydrogens is 320 g/mol. The van der Waals surface area contributed by atoms with Crippen molar-refractivity contribution in [3.05, 3.63) is 84.1 Å². The third-order valence-corrected chi connectivity index (χ3v) is 5.13. The molecule has 1 aromatic heterocycles. The molecule has 2 unspecified atom stereocenters. The molecule has 0 saturated carbocycles. The SMILES string of the molecule is CC(NC(=O)C(C)c1c[nH]c2ccccc12)c1cccc2ccccc12. The molecule has 1 heterocycles. The van der Waals surface area contributed by atoms with Gasteiger partial charge in [-0.15, -0.1) is 0 Å². The highest BCUT2D eigenvalue weighted by Crippen LogP contribution is 2.28. The van der Waals surface area contributed by atoms with Crippen molar-refractivity contribution >= 4 is 27.6 Å². The molecule has 0 bridgehead atoms. The zero-order valence-electron chi connectivity index (χ0n) is 15.0. The molecule has 1 amide bonds. The van der Waals surface area contributed by atoms with Gasteiger partial charge in [0, 0.05) is 17.1 Å². The van der Waals surface area contributed by atoms with Gasteiger partial charge in [0.15, 0.2) is 0 Å².